The predicted octanol–water partition coefficient (Wildman–Crippen LogP) is 4.49. The van der Waals surface area contributed by atoms with E-state index in [1.54, 1.807) is 6.08 Å². The van der Waals surface area contributed by atoms with Crippen LogP contribution in [-0.4, -0.2) is 42.8 Å². The van der Waals surface area contributed by atoms with Gasteiger partial charge in [-0.25, -0.2) is 0 Å². The summed E-state index contributed by atoms with van der Waals surface area (Å²) in [5.74, 6) is 0.0556. The van der Waals surface area contributed by atoms with Crippen molar-refractivity contribution in [2.45, 2.75) is 26.9 Å². The number of carbonyl (C=O) groups is 1. The topological polar surface area (TPSA) is 23.6 Å². The number of benzene rings is 2. The zero-order chi connectivity index (χ0) is 18.9. The van der Waals surface area contributed by atoms with Gasteiger partial charge >= 0.3 is 0 Å². The van der Waals surface area contributed by atoms with Gasteiger partial charge in [-0.1, -0.05) is 68.5 Å². The normalized spacial score (nSPS) is 11.6. The zero-order valence-electron chi connectivity index (χ0n) is 16.4. The molecular formula is C23H30N2O. The molecule has 0 amide bonds. The Kier molecular flexibility index (Phi) is 7.76. The minimum Gasteiger partial charge on any atom is -0.305 e. The van der Waals surface area contributed by atoms with Crippen molar-refractivity contribution < 1.29 is 4.79 Å². The van der Waals surface area contributed by atoms with Gasteiger partial charge in [0.2, 0.25) is 0 Å². The van der Waals surface area contributed by atoms with Crippen LogP contribution < -0.4 is 0 Å². The van der Waals surface area contributed by atoms with E-state index in [9.17, 15) is 4.79 Å². The fraction of sp³-hybridized carbons (Fsp3) is 0.348. The van der Waals surface area contributed by atoms with Crippen LogP contribution in [0.25, 0.3) is 6.08 Å². The third-order valence-electron chi connectivity index (χ3n) is 4.53. The Morgan fingerprint density at radius 2 is 1.50 bits per heavy atom. The zero-order valence-corrected chi connectivity index (χ0v) is 16.4. The first-order valence-electron chi connectivity index (χ1n) is 9.30. The lowest BCUT2D eigenvalue weighted by Crippen LogP contribution is -2.22. The van der Waals surface area contributed by atoms with Crippen LogP contribution in [0.15, 0.2) is 54.6 Å². The van der Waals surface area contributed by atoms with Gasteiger partial charge in [-0.05, 0) is 50.0 Å². The van der Waals surface area contributed by atoms with Gasteiger partial charge in [0.05, 0.1) is 0 Å². The number of hydrogen-bond donors (Lipinski definition) is 0. The Balaban J connectivity index is 2.21. The van der Waals surface area contributed by atoms with E-state index < -0.39 is 0 Å². The minimum atomic E-state index is 0.0556. The summed E-state index contributed by atoms with van der Waals surface area (Å²) >= 11 is 0. The molecule has 3 heteroatoms. The summed E-state index contributed by atoms with van der Waals surface area (Å²) in [5, 5.41) is 0. The molecule has 0 aliphatic heterocycles. The van der Waals surface area contributed by atoms with Crippen molar-refractivity contribution in [3.05, 3.63) is 76.9 Å². The number of carbonyl (C=O) groups excluding carboxylic acids is 1. The first-order valence-corrected chi connectivity index (χ1v) is 9.30. The van der Waals surface area contributed by atoms with E-state index in [2.05, 4.69) is 41.8 Å². The molecule has 0 N–H and O–H groups in total. The van der Waals surface area contributed by atoms with Gasteiger partial charge in [-0.15, -0.1) is 0 Å². The van der Waals surface area contributed by atoms with Crippen molar-refractivity contribution in [1.29, 1.82) is 0 Å². The standard InChI is InChI=1S/C23H30N2O/c1-5-25(6-2)18-20-12-8-7-11-19(20)15-16-23(26)22-14-10-9-13-21(22)17-24(3)4/h7-16H,5-6,17-18H2,1-4H3. The Hall–Kier alpha value is -2.23. The minimum absolute atomic E-state index is 0.0556. The van der Waals surface area contributed by atoms with Crippen molar-refractivity contribution in [2.24, 2.45) is 0 Å². The van der Waals surface area contributed by atoms with E-state index >= 15 is 0 Å². The Morgan fingerprint density at radius 1 is 0.885 bits per heavy atom. The van der Waals surface area contributed by atoms with Gasteiger partial charge in [-0.2, -0.15) is 0 Å². The molecule has 0 aliphatic rings. The summed E-state index contributed by atoms with van der Waals surface area (Å²) in [5.41, 5.74) is 4.20. The maximum Gasteiger partial charge on any atom is 0.186 e. The summed E-state index contributed by atoms with van der Waals surface area (Å²) in [6, 6.07) is 16.1. The van der Waals surface area contributed by atoms with Gasteiger partial charge in [0.15, 0.2) is 5.78 Å². The van der Waals surface area contributed by atoms with Gasteiger partial charge < -0.3 is 4.90 Å². The van der Waals surface area contributed by atoms with Crippen LogP contribution in [0.4, 0.5) is 0 Å². The van der Waals surface area contributed by atoms with E-state index in [1.165, 1.54) is 5.56 Å². The van der Waals surface area contributed by atoms with Crippen LogP contribution in [0.1, 0.15) is 40.9 Å². The molecule has 0 radical (unpaired) electrons. The second kappa shape index (κ2) is 10.0. The number of nitrogens with zero attached hydrogens (tertiary/aromatic N) is 2. The van der Waals surface area contributed by atoms with Gasteiger partial charge in [0.25, 0.3) is 0 Å². The number of allylic oxidation sites excluding steroid dienone is 1. The van der Waals surface area contributed by atoms with E-state index in [0.717, 1.165) is 42.9 Å². The molecule has 0 atom stereocenters. The molecule has 0 heterocycles. The summed E-state index contributed by atoms with van der Waals surface area (Å²) in [4.78, 5) is 17.2. The Bertz CT molecular complexity index is 745. The van der Waals surface area contributed by atoms with Crippen LogP contribution in [-0.2, 0) is 13.1 Å². The first kappa shape index (κ1) is 20.1. The van der Waals surface area contributed by atoms with Gasteiger partial charge in [0, 0.05) is 18.7 Å². The van der Waals surface area contributed by atoms with E-state index in [0.29, 0.717) is 0 Å². The van der Waals surface area contributed by atoms with Crippen molar-refractivity contribution in [1.82, 2.24) is 9.80 Å². The number of ketones is 1. The van der Waals surface area contributed by atoms with Crippen LogP contribution in [0.3, 0.4) is 0 Å². The molecule has 0 saturated carbocycles. The molecule has 0 aliphatic carbocycles. The highest BCUT2D eigenvalue weighted by Gasteiger charge is 2.09. The molecule has 0 saturated heterocycles. The Labute approximate surface area is 157 Å². The highest BCUT2D eigenvalue weighted by Crippen LogP contribution is 2.16. The maximum atomic E-state index is 12.8. The number of rotatable bonds is 9. The second-order valence-corrected chi connectivity index (χ2v) is 6.75. The fourth-order valence-corrected chi connectivity index (χ4v) is 3.02. The predicted molar refractivity (Wildman–Crippen MR) is 110 cm³/mol. The smallest absolute Gasteiger partial charge is 0.186 e. The van der Waals surface area contributed by atoms with E-state index in [1.807, 2.05) is 50.5 Å². The quantitative estimate of drug-likeness (QED) is 0.492. The van der Waals surface area contributed by atoms with E-state index in [-0.39, 0.29) is 5.78 Å². The lowest BCUT2D eigenvalue weighted by Gasteiger charge is -2.19. The molecule has 3 nitrogen and oxygen atoms in total. The molecular weight excluding hydrogens is 320 g/mol. The van der Waals surface area contributed by atoms with Crippen LogP contribution in [0.5, 0.6) is 0 Å². The summed E-state index contributed by atoms with van der Waals surface area (Å²) in [7, 11) is 4.03. The second-order valence-electron chi connectivity index (χ2n) is 6.75. The molecule has 2 aromatic rings. The fourth-order valence-electron chi connectivity index (χ4n) is 3.02. The molecule has 2 aromatic carbocycles. The first-order chi connectivity index (χ1) is 12.5. The summed E-state index contributed by atoms with van der Waals surface area (Å²) in [6.45, 7) is 8.05. The van der Waals surface area contributed by atoms with Crippen LogP contribution in [0, 0.1) is 0 Å². The van der Waals surface area contributed by atoms with Crippen molar-refractivity contribution >= 4 is 11.9 Å². The average molecular weight is 351 g/mol. The SMILES string of the molecule is CCN(CC)Cc1ccccc1C=CC(=O)c1ccccc1CN(C)C. The molecule has 2 rings (SSSR count). The van der Waals surface area contributed by atoms with Gasteiger partial charge in [-0.3, -0.25) is 9.69 Å². The monoisotopic (exact) mass is 350 g/mol. The molecule has 0 unspecified atom stereocenters. The Morgan fingerprint density at radius 3 is 2.15 bits per heavy atom. The maximum absolute atomic E-state index is 12.8. The van der Waals surface area contributed by atoms with Crippen molar-refractivity contribution in [3.8, 4) is 0 Å². The summed E-state index contributed by atoms with van der Waals surface area (Å²) < 4.78 is 0. The molecule has 0 fully saturated rings. The third-order valence-corrected chi connectivity index (χ3v) is 4.53. The highest BCUT2D eigenvalue weighted by atomic mass is 16.1. The molecule has 138 valence electrons. The average Bonchev–Trinajstić information content (AvgIpc) is 2.65. The lowest BCUT2D eigenvalue weighted by molar-refractivity contribution is 0.104. The summed E-state index contributed by atoms with van der Waals surface area (Å²) in [6.07, 6.45) is 3.66. The van der Waals surface area contributed by atoms with Crippen LogP contribution >= 0.6 is 0 Å². The lowest BCUT2D eigenvalue weighted by atomic mass is 10.0. The largest absolute Gasteiger partial charge is 0.305 e. The molecule has 0 aromatic heterocycles. The van der Waals surface area contributed by atoms with Crippen LogP contribution in [0.2, 0.25) is 0 Å². The molecule has 0 bridgehead atoms. The van der Waals surface area contributed by atoms with E-state index in [4.69, 9.17) is 0 Å². The molecule has 0 spiro atoms. The third kappa shape index (κ3) is 5.65. The highest BCUT2D eigenvalue weighted by molar-refractivity contribution is 6.07. The van der Waals surface area contributed by atoms with Crippen molar-refractivity contribution in [2.75, 3.05) is 27.2 Å². The number of hydrogen-bond acceptors (Lipinski definition) is 3. The molecule has 26 heavy (non-hydrogen) atoms. The van der Waals surface area contributed by atoms with Crippen molar-refractivity contribution in [3.63, 3.8) is 0 Å². The van der Waals surface area contributed by atoms with Gasteiger partial charge in [0.1, 0.15) is 0 Å².